The van der Waals surface area contributed by atoms with Gasteiger partial charge in [0.1, 0.15) is 17.6 Å². The molecule has 0 amide bonds. The summed E-state index contributed by atoms with van der Waals surface area (Å²) in [6.07, 6.45) is 4.92. The molecular weight excluding hydrogens is 475 g/mol. The lowest BCUT2D eigenvalue weighted by Crippen LogP contribution is -2.49. The Bertz CT molecular complexity index is 1390. The summed E-state index contributed by atoms with van der Waals surface area (Å²) < 4.78 is 18.4. The monoisotopic (exact) mass is 500 g/mol. The standard InChI is InChI=1S/C23H25FN6O6/c24-18-7-16-19(29(14-1-2-14)11-17(22(16)32)23(33)34)8-20(18)28-5-3-26(4-6-28)9-15(31)10-27-12-21(25-13-27)30(35)36/h7-8,11-15,31H,1-6,9-10H2,(H,33,34). The highest BCUT2D eigenvalue weighted by atomic mass is 19.1. The zero-order valence-electron chi connectivity index (χ0n) is 19.3. The molecule has 190 valence electrons. The van der Waals surface area contributed by atoms with E-state index in [0.29, 0.717) is 43.9 Å². The molecule has 1 aromatic carbocycles. The van der Waals surface area contributed by atoms with Crippen LogP contribution in [0, 0.1) is 15.9 Å². The maximum absolute atomic E-state index is 15.1. The Labute approximate surface area is 203 Å². The van der Waals surface area contributed by atoms with Crippen molar-refractivity contribution in [3.05, 3.63) is 62.6 Å². The third-order valence-electron chi connectivity index (χ3n) is 6.68. The van der Waals surface area contributed by atoms with Gasteiger partial charge in [-0.1, -0.05) is 0 Å². The molecule has 1 saturated carbocycles. The van der Waals surface area contributed by atoms with Crippen molar-refractivity contribution in [1.82, 2.24) is 19.0 Å². The molecule has 13 heteroatoms. The number of anilines is 1. The van der Waals surface area contributed by atoms with Gasteiger partial charge < -0.3 is 34.4 Å². The summed E-state index contributed by atoms with van der Waals surface area (Å²) in [7, 11) is 0. The number of aliphatic hydroxyl groups excluding tert-OH is 1. The number of nitro groups is 1. The first-order valence-electron chi connectivity index (χ1n) is 11.6. The van der Waals surface area contributed by atoms with Crippen LogP contribution in [0.3, 0.4) is 0 Å². The molecule has 2 N–H and O–H groups in total. The SMILES string of the molecule is O=C(O)c1cn(C2CC2)c2cc(N3CCN(CC(O)Cn4cnc([N+](=O)[O-])c4)CC3)c(F)cc2c1=O. The number of aromatic nitrogens is 3. The van der Waals surface area contributed by atoms with Crippen LogP contribution in [0.25, 0.3) is 10.9 Å². The largest absolute Gasteiger partial charge is 0.477 e. The number of hydrogen-bond acceptors (Lipinski definition) is 8. The van der Waals surface area contributed by atoms with Crippen molar-refractivity contribution in [3.63, 3.8) is 0 Å². The van der Waals surface area contributed by atoms with E-state index in [4.69, 9.17) is 0 Å². The fourth-order valence-electron chi connectivity index (χ4n) is 4.72. The molecule has 36 heavy (non-hydrogen) atoms. The van der Waals surface area contributed by atoms with Crippen LogP contribution in [-0.2, 0) is 6.54 Å². The molecule has 2 aliphatic rings. The number of nitrogens with zero attached hydrogens (tertiary/aromatic N) is 6. The van der Waals surface area contributed by atoms with Crippen LogP contribution in [0.4, 0.5) is 15.9 Å². The zero-order valence-corrected chi connectivity index (χ0v) is 19.3. The number of aromatic carboxylic acids is 1. The van der Waals surface area contributed by atoms with Gasteiger partial charge in [0.15, 0.2) is 0 Å². The molecule has 1 atom stereocenters. The Balaban J connectivity index is 1.29. The maximum Gasteiger partial charge on any atom is 0.381 e. The average molecular weight is 500 g/mol. The maximum atomic E-state index is 15.1. The van der Waals surface area contributed by atoms with Gasteiger partial charge in [0.25, 0.3) is 0 Å². The van der Waals surface area contributed by atoms with Crippen molar-refractivity contribution in [2.75, 3.05) is 37.6 Å². The zero-order chi connectivity index (χ0) is 25.6. The molecule has 3 heterocycles. The Morgan fingerprint density at radius 3 is 2.53 bits per heavy atom. The minimum Gasteiger partial charge on any atom is -0.477 e. The second-order valence-electron chi connectivity index (χ2n) is 9.26. The van der Waals surface area contributed by atoms with Crippen LogP contribution in [0.2, 0.25) is 0 Å². The number of rotatable bonds is 8. The molecule has 0 spiro atoms. The minimum atomic E-state index is -1.33. The van der Waals surface area contributed by atoms with Crippen LogP contribution in [0.5, 0.6) is 0 Å². The van der Waals surface area contributed by atoms with Crippen molar-refractivity contribution in [1.29, 1.82) is 0 Å². The van der Waals surface area contributed by atoms with E-state index < -0.39 is 28.2 Å². The summed E-state index contributed by atoms with van der Waals surface area (Å²) in [6, 6.07) is 2.87. The van der Waals surface area contributed by atoms with Gasteiger partial charge in [0, 0.05) is 50.3 Å². The van der Waals surface area contributed by atoms with Gasteiger partial charge >= 0.3 is 11.8 Å². The van der Waals surface area contributed by atoms with E-state index >= 15 is 4.39 Å². The second kappa shape index (κ2) is 9.32. The first-order valence-corrected chi connectivity index (χ1v) is 11.6. The highest BCUT2D eigenvalue weighted by Gasteiger charge is 2.29. The van der Waals surface area contributed by atoms with Gasteiger partial charge in [-0.2, -0.15) is 0 Å². The van der Waals surface area contributed by atoms with E-state index in [1.165, 1.54) is 23.3 Å². The van der Waals surface area contributed by atoms with Gasteiger partial charge in [-0.05, 0) is 34.9 Å². The van der Waals surface area contributed by atoms with E-state index in [1.54, 1.807) is 10.6 Å². The molecule has 5 rings (SSSR count). The first-order chi connectivity index (χ1) is 17.2. The molecule has 1 unspecified atom stereocenters. The van der Waals surface area contributed by atoms with Gasteiger partial charge in [-0.15, -0.1) is 0 Å². The first kappa shape index (κ1) is 23.9. The summed E-state index contributed by atoms with van der Waals surface area (Å²) in [4.78, 5) is 42.0. The predicted octanol–water partition coefficient (Wildman–Crippen LogP) is 1.46. The van der Waals surface area contributed by atoms with Crippen LogP contribution in [0.1, 0.15) is 29.2 Å². The predicted molar refractivity (Wildman–Crippen MR) is 127 cm³/mol. The van der Waals surface area contributed by atoms with Crippen LogP contribution < -0.4 is 10.3 Å². The van der Waals surface area contributed by atoms with Crippen molar-refractivity contribution in [3.8, 4) is 0 Å². The average Bonchev–Trinajstić information content (AvgIpc) is 3.57. The van der Waals surface area contributed by atoms with E-state index in [9.17, 15) is 29.9 Å². The van der Waals surface area contributed by atoms with Crippen molar-refractivity contribution >= 4 is 28.4 Å². The summed E-state index contributed by atoms with van der Waals surface area (Å²) in [5.74, 6) is -2.19. The lowest BCUT2D eigenvalue weighted by molar-refractivity contribution is -0.389. The van der Waals surface area contributed by atoms with Crippen LogP contribution in [0.15, 0.2) is 35.6 Å². The van der Waals surface area contributed by atoms with E-state index in [0.717, 1.165) is 18.9 Å². The topological polar surface area (TPSA) is 147 Å². The normalized spacial score (nSPS) is 17.4. The van der Waals surface area contributed by atoms with Gasteiger partial charge in [-0.25, -0.2) is 9.18 Å². The lowest BCUT2D eigenvalue weighted by Gasteiger charge is -2.37. The molecule has 0 radical (unpaired) electrons. The Kier molecular flexibility index (Phi) is 6.18. The number of hydrogen-bond donors (Lipinski definition) is 2. The van der Waals surface area contributed by atoms with Crippen molar-refractivity contribution < 1.29 is 24.3 Å². The number of piperazine rings is 1. The van der Waals surface area contributed by atoms with E-state index in [-0.39, 0.29) is 29.4 Å². The number of aliphatic hydroxyl groups is 1. The highest BCUT2D eigenvalue weighted by molar-refractivity contribution is 5.93. The number of benzene rings is 1. The molecule has 3 aromatic rings. The van der Waals surface area contributed by atoms with Gasteiger partial charge in [0.05, 0.1) is 23.9 Å². The quantitative estimate of drug-likeness (QED) is 0.347. The molecule has 1 aliphatic carbocycles. The summed E-state index contributed by atoms with van der Waals surface area (Å²) in [5.41, 5.74) is -0.178. The number of carboxylic acid groups (broad SMARTS) is 1. The minimum absolute atomic E-state index is 0.0598. The molecular formula is C23H25FN6O6. The molecule has 1 saturated heterocycles. The molecule has 2 aromatic heterocycles. The van der Waals surface area contributed by atoms with E-state index in [1.807, 2.05) is 9.80 Å². The number of imidazole rings is 1. The van der Waals surface area contributed by atoms with Gasteiger partial charge in [0.2, 0.25) is 11.8 Å². The number of β-amino-alcohol motifs (C(OH)–C–C–N with tert-alkyl or cyclic N) is 1. The van der Waals surface area contributed by atoms with Gasteiger partial charge in [-0.3, -0.25) is 9.69 Å². The highest BCUT2D eigenvalue weighted by Crippen LogP contribution is 2.38. The number of fused-ring (bicyclic) bond motifs is 1. The summed E-state index contributed by atoms with van der Waals surface area (Å²) in [6.45, 7) is 2.62. The Morgan fingerprint density at radius 2 is 1.92 bits per heavy atom. The van der Waals surface area contributed by atoms with Crippen molar-refractivity contribution in [2.45, 2.75) is 31.5 Å². The Hall–Kier alpha value is -3.84. The number of carboxylic acids is 1. The van der Waals surface area contributed by atoms with Crippen molar-refractivity contribution in [2.24, 2.45) is 0 Å². The fraction of sp³-hybridized carbons (Fsp3) is 0.435. The third-order valence-corrected chi connectivity index (χ3v) is 6.68. The lowest BCUT2D eigenvalue weighted by atomic mass is 10.1. The third kappa shape index (κ3) is 4.66. The molecule has 2 fully saturated rings. The second-order valence-corrected chi connectivity index (χ2v) is 9.26. The summed E-state index contributed by atoms with van der Waals surface area (Å²) >= 11 is 0. The summed E-state index contributed by atoms with van der Waals surface area (Å²) in [5, 5.41) is 30.6. The number of halogens is 1. The number of pyridine rings is 1. The number of carbonyl (C=O) groups is 1. The molecule has 1 aliphatic heterocycles. The Morgan fingerprint density at radius 1 is 1.19 bits per heavy atom. The van der Waals surface area contributed by atoms with Crippen LogP contribution in [-0.4, -0.2) is 79.0 Å². The van der Waals surface area contributed by atoms with Crippen LogP contribution >= 0.6 is 0 Å². The molecule has 0 bridgehead atoms. The fourth-order valence-corrected chi connectivity index (χ4v) is 4.72. The smallest absolute Gasteiger partial charge is 0.381 e. The molecule has 12 nitrogen and oxygen atoms in total. The van der Waals surface area contributed by atoms with E-state index in [2.05, 4.69) is 4.98 Å².